The molecule has 3 nitrogen and oxygen atoms in total. The van der Waals surface area contributed by atoms with Gasteiger partial charge in [-0.3, -0.25) is 0 Å². The number of fused-ring (bicyclic) bond motifs is 1. The molecule has 1 heterocycles. The van der Waals surface area contributed by atoms with E-state index < -0.39 is 0 Å². The maximum absolute atomic E-state index is 4.45. The molecule has 0 radical (unpaired) electrons. The Morgan fingerprint density at radius 3 is 2.88 bits per heavy atom. The second-order valence-electron chi connectivity index (χ2n) is 3.96. The summed E-state index contributed by atoms with van der Waals surface area (Å²) in [7, 11) is 2.05. The average Bonchev–Trinajstić information content (AvgIpc) is 2.64. The molecule has 2 rings (SSSR count). The van der Waals surface area contributed by atoms with Gasteiger partial charge in [-0.2, -0.15) is 5.10 Å². The highest BCUT2D eigenvalue weighted by molar-refractivity contribution is 7.16. The fourth-order valence-corrected chi connectivity index (χ4v) is 2.43. The third-order valence-electron chi connectivity index (χ3n) is 2.71. The van der Waals surface area contributed by atoms with E-state index in [1.165, 1.54) is 10.2 Å². The fourth-order valence-electron chi connectivity index (χ4n) is 1.44. The molecule has 86 valence electrons. The van der Waals surface area contributed by atoms with Gasteiger partial charge in [-0.1, -0.05) is 30.4 Å². The summed E-state index contributed by atoms with van der Waals surface area (Å²) in [6, 6.07) is 8.78. The van der Waals surface area contributed by atoms with Gasteiger partial charge in [0, 0.05) is 13.1 Å². The minimum absolute atomic E-state index is 0.421. The lowest BCUT2D eigenvalue weighted by Crippen LogP contribution is -2.24. The Morgan fingerprint density at radius 2 is 2.19 bits per heavy atom. The third-order valence-corrected chi connectivity index (χ3v) is 3.82. The monoisotopic (exact) mass is 235 g/mol. The first-order valence-electron chi connectivity index (χ1n) is 5.56. The van der Waals surface area contributed by atoms with E-state index in [4.69, 9.17) is 0 Å². The number of thiazole rings is 1. The van der Waals surface area contributed by atoms with Gasteiger partial charge in [0.1, 0.15) is 0 Å². The van der Waals surface area contributed by atoms with Gasteiger partial charge in [-0.05, 0) is 25.5 Å². The molecular weight excluding hydrogens is 218 g/mol. The number of rotatable bonds is 3. The van der Waals surface area contributed by atoms with Crippen molar-refractivity contribution < 1.29 is 0 Å². The maximum atomic E-state index is 4.45. The predicted molar refractivity (Wildman–Crippen MR) is 69.2 cm³/mol. The first-order chi connectivity index (χ1) is 7.72. The molecule has 1 aromatic carbocycles. The van der Waals surface area contributed by atoms with E-state index >= 15 is 0 Å². The first kappa shape index (κ1) is 11.2. The SMILES string of the molecule is CCC(C)N/N=c1\sc2ccccc2n1C. The van der Waals surface area contributed by atoms with Crippen LogP contribution in [-0.4, -0.2) is 10.6 Å². The van der Waals surface area contributed by atoms with Crippen LogP contribution >= 0.6 is 11.3 Å². The molecule has 0 amide bonds. The largest absolute Gasteiger partial charge is 0.318 e. The number of hydrogen-bond acceptors (Lipinski definition) is 3. The lowest BCUT2D eigenvalue weighted by Gasteiger charge is -2.05. The highest BCUT2D eigenvalue weighted by Gasteiger charge is 2.01. The minimum Gasteiger partial charge on any atom is -0.318 e. The molecule has 0 bridgehead atoms. The Labute approximate surface area is 99.4 Å². The summed E-state index contributed by atoms with van der Waals surface area (Å²) in [4.78, 5) is 1.02. The van der Waals surface area contributed by atoms with E-state index in [2.05, 4.69) is 60.3 Å². The van der Waals surface area contributed by atoms with Crippen LogP contribution in [0.2, 0.25) is 0 Å². The Kier molecular flexibility index (Phi) is 3.29. The number of aromatic nitrogens is 1. The van der Waals surface area contributed by atoms with Gasteiger partial charge in [-0.25, -0.2) is 0 Å². The summed E-state index contributed by atoms with van der Waals surface area (Å²) >= 11 is 1.71. The zero-order valence-electron chi connectivity index (χ0n) is 9.90. The van der Waals surface area contributed by atoms with Crippen molar-refractivity contribution in [3.8, 4) is 0 Å². The van der Waals surface area contributed by atoms with Crippen LogP contribution in [0.4, 0.5) is 0 Å². The van der Waals surface area contributed by atoms with Gasteiger partial charge in [-0.15, -0.1) is 0 Å². The molecule has 1 atom stereocenters. The van der Waals surface area contributed by atoms with Crippen molar-refractivity contribution in [2.24, 2.45) is 12.1 Å². The van der Waals surface area contributed by atoms with Gasteiger partial charge >= 0.3 is 0 Å². The molecule has 0 saturated carbocycles. The zero-order chi connectivity index (χ0) is 11.5. The number of benzene rings is 1. The highest BCUT2D eigenvalue weighted by Crippen LogP contribution is 2.14. The summed E-state index contributed by atoms with van der Waals surface area (Å²) in [6.45, 7) is 4.29. The Morgan fingerprint density at radius 1 is 1.44 bits per heavy atom. The van der Waals surface area contributed by atoms with Crippen LogP contribution in [0.1, 0.15) is 20.3 Å². The topological polar surface area (TPSA) is 29.3 Å². The molecule has 0 aliphatic heterocycles. The maximum Gasteiger partial charge on any atom is 0.208 e. The highest BCUT2D eigenvalue weighted by atomic mass is 32.1. The number of aryl methyl sites for hydroxylation is 1. The predicted octanol–water partition coefficient (Wildman–Crippen LogP) is 2.44. The molecule has 0 aliphatic rings. The number of hydrogen-bond donors (Lipinski definition) is 1. The smallest absolute Gasteiger partial charge is 0.208 e. The van der Waals surface area contributed by atoms with Crippen LogP contribution in [0.15, 0.2) is 29.4 Å². The molecule has 0 saturated heterocycles. The van der Waals surface area contributed by atoms with Gasteiger partial charge in [0.15, 0.2) is 0 Å². The van der Waals surface area contributed by atoms with Gasteiger partial charge in [0.05, 0.1) is 10.2 Å². The number of nitrogens with one attached hydrogen (secondary N) is 1. The van der Waals surface area contributed by atoms with E-state index in [-0.39, 0.29) is 0 Å². The molecule has 1 unspecified atom stereocenters. The van der Waals surface area contributed by atoms with Crippen molar-refractivity contribution in [2.45, 2.75) is 26.3 Å². The Bertz CT molecular complexity index is 538. The van der Waals surface area contributed by atoms with Crippen molar-refractivity contribution in [2.75, 3.05) is 0 Å². The first-order valence-corrected chi connectivity index (χ1v) is 6.38. The Balaban J connectivity index is 2.41. The standard InChI is InChI=1S/C12H17N3S/c1-4-9(2)13-14-12-15(3)10-7-5-6-8-11(10)16-12/h5-9,13H,4H2,1-3H3/b14-12-. The van der Waals surface area contributed by atoms with Crippen molar-refractivity contribution in [1.29, 1.82) is 0 Å². The summed E-state index contributed by atoms with van der Waals surface area (Å²) in [5.41, 5.74) is 4.40. The van der Waals surface area contributed by atoms with Crippen molar-refractivity contribution >= 4 is 21.6 Å². The second-order valence-corrected chi connectivity index (χ2v) is 4.97. The van der Waals surface area contributed by atoms with E-state index in [1.807, 2.05) is 0 Å². The van der Waals surface area contributed by atoms with Crippen LogP contribution in [0, 0.1) is 0 Å². The molecule has 16 heavy (non-hydrogen) atoms. The van der Waals surface area contributed by atoms with Crippen molar-refractivity contribution in [1.82, 2.24) is 9.99 Å². The second kappa shape index (κ2) is 4.70. The van der Waals surface area contributed by atoms with Crippen LogP contribution in [-0.2, 0) is 7.05 Å². The summed E-state index contributed by atoms with van der Waals surface area (Å²) in [5, 5.41) is 4.45. The van der Waals surface area contributed by atoms with Crippen LogP contribution in [0.25, 0.3) is 10.2 Å². The summed E-state index contributed by atoms with van der Waals surface area (Å²) < 4.78 is 3.39. The van der Waals surface area contributed by atoms with Gasteiger partial charge in [0.25, 0.3) is 0 Å². The van der Waals surface area contributed by atoms with Crippen LogP contribution in [0.5, 0.6) is 0 Å². The molecular formula is C12H17N3S. The zero-order valence-corrected chi connectivity index (χ0v) is 10.7. The number of para-hydroxylation sites is 1. The molecule has 1 aromatic heterocycles. The minimum atomic E-state index is 0.421. The lowest BCUT2D eigenvalue weighted by atomic mass is 10.3. The quantitative estimate of drug-likeness (QED) is 0.814. The Hall–Kier alpha value is -1.29. The summed E-state index contributed by atoms with van der Waals surface area (Å²) in [5.74, 6) is 0. The van der Waals surface area contributed by atoms with E-state index in [1.54, 1.807) is 11.3 Å². The van der Waals surface area contributed by atoms with E-state index in [0.29, 0.717) is 6.04 Å². The molecule has 1 N–H and O–H groups in total. The third kappa shape index (κ3) is 2.11. The molecule has 4 heteroatoms. The van der Waals surface area contributed by atoms with Crippen molar-refractivity contribution in [3.63, 3.8) is 0 Å². The fraction of sp³-hybridized carbons (Fsp3) is 0.417. The van der Waals surface area contributed by atoms with Crippen LogP contribution < -0.4 is 10.2 Å². The average molecular weight is 235 g/mol. The molecule has 0 fully saturated rings. The van der Waals surface area contributed by atoms with Gasteiger partial charge < -0.3 is 9.99 Å². The lowest BCUT2D eigenvalue weighted by molar-refractivity contribution is 0.542. The van der Waals surface area contributed by atoms with Crippen molar-refractivity contribution in [3.05, 3.63) is 29.1 Å². The van der Waals surface area contributed by atoms with E-state index in [9.17, 15) is 0 Å². The number of nitrogens with zero attached hydrogens (tertiary/aromatic N) is 2. The summed E-state index contributed by atoms with van der Waals surface area (Å²) in [6.07, 6.45) is 1.08. The van der Waals surface area contributed by atoms with Crippen LogP contribution in [0.3, 0.4) is 0 Å². The molecule has 0 aliphatic carbocycles. The normalized spacial score (nSPS) is 14.3. The van der Waals surface area contributed by atoms with Gasteiger partial charge in [0.2, 0.25) is 4.80 Å². The molecule has 0 spiro atoms. The molecule has 2 aromatic rings. The van der Waals surface area contributed by atoms with E-state index in [0.717, 1.165) is 11.2 Å².